The maximum Gasteiger partial charge on any atom is 0.263 e. The number of unbranched alkanes of at least 4 members (excludes halogenated alkanes) is 1. The molecule has 130 valence electrons. The summed E-state index contributed by atoms with van der Waals surface area (Å²) in [7, 11) is 0. The SMILES string of the molecule is CCCCc1ccc(-n2c(C)cc(C=C3SC(=S)NC3=O)c2C)cc1. The molecule has 0 spiro atoms. The van der Waals surface area contributed by atoms with E-state index in [9.17, 15) is 4.79 Å². The van der Waals surface area contributed by atoms with E-state index in [2.05, 4.69) is 61.0 Å². The molecule has 0 atom stereocenters. The quantitative estimate of drug-likeness (QED) is 0.599. The van der Waals surface area contributed by atoms with Crippen LogP contribution >= 0.6 is 24.0 Å². The van der Waals surface area contributed by atoms with Crippen molar-refractivity contribution >= 4 is 40.3 Å². The Morgan fingerprint density at radius 2 is 1.96 bits per heavy atom. The number of nitrogens with one attached hydrogen (secondary N) is 1. The number of thiocarbonyl (C=S) groups is 1. The Hall–Kier alpha value is -1.85. The lowest BCUT2D eigenvalue weighted by Crippen LogP contribution is -2.17. The van der Waals surface area contributed by atoms with Gasteiger partial charge in [-0.3, -0.25) is 4.79 Å². The van der Waals surface area contributed by atoms with Gasteiger partial charge in [0.1, 0.15) is 4.32 Å². The molecule has 0 aliphatic carbocycles. The van der Waals surface area contributed by atoms with Crippen molar-refractivity contribution in [1.82, 2.24) is 9.88 Å². The number of amides is 1. The van der Waals surface area contributed by atoms with Gasteiger partial charge in [0, 0.05) is 17.1 Å². The lowest BCUT2D eigenvalue weighted by atomic mass is 10.1. The molecule has 2 aromatic rings. The van der Waals surface area contributed by atoms with Gasteiger partial charge in [-0.1, -0.05) is 49.5 Å². The highest BCUT2D eigenvalue weighted by molar-refractivity contribution is 8.26. The van der Waals surface area contributed by atoms with Gasteiger partial charge in [-0.2, -0.15) is 0 Å². The molecule has 0 radical (unpaired) electrons. The highest BCUT2D eigenvalue weighted by Crippen LogP contribution is 2.29. The highest BCUT2D eigenvalue weighted by Gasteiger charge is 2.23. The number of hydrogen-bond donors (Lipinski definition) is 1. The van der Waals surface area contributed by atoms with E-state index in [1.807, 2.05) is 6.08 Å². The van der Waals surface area contributed by atoms with Crippen molar-refractivity contribution in [2.45, 2.75) is 40.0 Å². The summed E-state index contributed by atoms with van der Waals surface area (Å²) >= 11 is 6.38. The van der Waals surface area contributed by atoms with E-state index in [0.29, 0.717) is 9.23 Å². The van der Waals surface area contributed by atoms with Crippen LogP contribution < -0.4 is 5.32 Å². The number of aromatic nitrogens is 1. The average Bonchev–Trinajstić information content (AvgIpc) is 3.04. The average molecular weight is 371 g/mol. The molecule has 5 heteroatoms. The second-order valence-corrected chi connectivity index (χ2v) is 8.00. The van der Waals surface area contributed by atoms with E-state index in [1.165, 1.54) is 30.2 Å². The number of rotatable bonds is 5. The van der Waals surface area contributed by atoms with E-state index in [0.717, 1.165) is 29.1 Å². The van der Waals surface area contributed by atoms with Crippen molar-refractivity contribution in [3.8, 4) is 5.69 Å². The highest BCUT2D eigenvalue weighted by atomic mass is 32.2. The molecule has 1 fully saturated rings. The van der Waals surface area contributed by atoms with Crippen LogP contribution in [0.3, 0.4) is 0 Å². The van der Waals surface area contributed by atoms with Crippen LogP contribution in [0.2, 0.25) is 0 Å². The summed E-state index contributed by atoms with van der Waals surface area (Å²) < 4.78 is 2.75. The van der Waals surface area contributed by atoms with Crippen LogP contribution in [0.25, 0.3) is 11.8 Å². The van der Waals surface area contributed by atoms with E-state index >= 15 is 0 Å². The van der Waals surface area contributed by atoms with Gasteiger partial charge in [0.25, 0.3) is 5.91 Å². The number of hydrogen-bond acceptors (Lipinski definition) is 3. The topological polar surface area (TPSA) is 34.0 Å². The number of aryl methyl sites for hydroxylation is 2. The monoisotopic (exact) mass is 370 g/mol. The third-order valence-corrected chi connectivity index (χ3v) is 5.58. The first-order valence-electron chi connectivity index (χ1n) is 8.52. The van der Waals surface area contributed by atoms with Gasteiger partial charge in [-0.15, -0.1) is 0 Å². The summed E-state index contributed by atoms with van der Waals surface area (Å²) in [5.41, 5.74) is 5.85. The van der Waals surface area contributed by atoms with E-state index in [-0.39, 0.29) is 5.91 Å². The molecule has 3 rings (SSSR count). The number of thioether (sulfide) groups is 1. The summed E-state index contributed by atoms with van der Waals surface area (Å²) in [6.07, 6.45) is 5.49. The van der Waals surface area contributed by atoms with Crippen molar-refractivity contribution in [2.24, 2.45) is 0 Å². The second kappa shape index (κ2) is 7.58. The van der Waals surface area contributed by atoms with Crippen LogP contribution in [0.5, 0.6) is 0 Å². The summed E-state index contributed by atoms with van der Waals surface area (Å²) in [6.45, 7) is 6.39. The number of nitrogens with zero attached hydrogens (tertiary/aromatic N) is 1. The zero-order valence-corrected chi connectivity index (χ0v) is 16.4. The fourth-order valence-electron chi connectivity index (χ4n) is 3.09. The maximum atomic E-state index is 11.9. The van der Waals surface area contributed by atoms with Crippen LogP contribution in [0.1, 0.15) is 42.3 Å². The van der Waals surface area contributed by atoms with Crippen molar-refractivity contribution in [1.29, 1.82) is 0 Å². The predicted octanol–water partition coefficient (Wildman–Crippen LogP) is 4.93. The Morgan fingerprint density at radius 1 is 1.24 bits per heavy atom. The fraction of sp³-hybridized carbons (Fsp3) is 0.300. The normalized spacial score (nSPS) is 15.9. The molecule has 1 aliphatic rings. The largest absolute Gasteiger partial charge is 0.318 e. The Bertz CT molecular complexity index is 847. The Balaban J connectivity index is 1.91. The molecule has 2 heterocycles. The molecule has 0 bridgehead atoms. The molecule has 1 N–H and O–H groups in total. The van der Waals surface area contributed by atoms with Crippen LogP contribution in [0.15, 0.2) is 35.2 Å². The number of carbonyl (C=O) groups is 1. The van der Waals surface area contributed by atoms with Gasteiger partial charge in [0.15, 0.2) is 0 Å². The summed E-state index contributed by atoms with van der Waals surface area (Å²) in [4.78, 5) is 12.5. The minimum Gasteiger partial charge on any atom is -0.318 e. The Labute approximate surface area is 158 Å². The van der Waals surface area contributed by atoms with Crippen LogP contribution in [-0.2, 0) is 11.2 Å². The standard InChI is InChI=1S/C20H22N2OS2/c1-4-5-6-15-7-9-17(10-8-15)22-13(2)11-16(14(22)3)12-18-19(23)21-20(24)25-18/h7-12H,4-6H2,1-3H3,(H,21,23,24). The van der Waals surface area contributed by atoms with E-state index in [1.54, 1.807) is 0 Å². The summed E-state index contributed by atoms with van der Waals surface area (Å²) in [6, 6.07) is 10.9. The molecule has 1 amide bonds. The second-order valence-electron chi connectivity index (χ2n) is 6.28. The molecule has 0 unspecified atom stereocenters. The first kappa shape index (κ1) is 18.0. The molecule has 3 nitrogen and oxygen atoms in total. The van der Waals surface area contributed by atoms with Gasteiger partial charge in [-0.05, 0) is 62.1 Å². The van der Waals surface area contributed by atoms with Crippen molar-refractivity contribution in [3.05, 3.63) is 57.8 Å². The fourth-order valence-corrected chi connectivity index (χ4v) is 4.12. The predicted molar refractivity (Wildman–Crippen MR) is 110 cm³/mol. The Kier molecular flexibility index (Phi) is 5.45. The van der Waals surface area contributed by atoms with Gasteiger partial charge in [0.2, 0.25) is 0 Å². The third-order valence-electron chi connectivity index (χ3n) is 4.41. The molecule has 1 saturated heterocycles. The Morgan fingerprint density at radius 3 is 2.56 bits per heavy atom. The number of carbonyl (C=O) groups excluding carboxylic acids is 1. The molecule has 1 aromatic carbocycles. The van der Waals surface area contributed by atoms with Gasteiger partial charge in [0.05, 0.1) is 4.91 Å². The minimum absolute atomic E-state index is 0.111. The van der Waals surface area contributed by atoms with E-state index in [4.69, 9.17) is 12.2 Å². The molecule has 1 aromatic heterocycles. The molecule has 0 saturated carbocycles. The van der Waals surface area contributed by atoms with Crippen LogP contribution in [0, 0.1) is 13.8 Å². The van der Waals surface area contributed by atoms with Crippen molar-refractivity contribution < 1.29 is 4.79 Å². The van der Waals surface area contributed by atoms with E-state index < -0.39 is 0 Å². The number of benzene rings is 1. The minimum atomic E-state index is -0.111. The zero-order chi connectivity index (χ0) is 18.0. The van der Waals surface area contributed by atoms with Gasteiger partial charge in [-0.25, -0.2) is 0 Å². The van der Waals surface area contributed by atoms with Crippen LogP contribution in [0.4, 0.5) is 0 Å². The van der Waals surface area contributed by atoms with Gasteiger partial charge >= 0.3 is 0 Å². The van der Waals surface area contributed by atoms with Gasteiger partial charge < -0.3 is 9.88 Å². The van der Waals surface area contributed by atoms with Crippen LogP contribution in [-0.4, -0.2) is 14.8 Å². The maximum absolute atomic E-state index is 11.9. The van der Waals surface area contributed by atoms with Crippen molar-refractivity contribution in [2.75, 3.05) is 0 Å². The lowest BCUT2D eigenvalue weighted by Gasteiger charge is -2.11. The van der Waals surface area contributed by atoms with Crippen molar-refractivity contribution in [3.63, 3.8) is 0 Å². The summed E-state index contributed by atoms with van der Waals surface area (Å²) in [5, 5.41) is 2.66. The molecular formula is C20H22N2OS2. The first-order chi connectivity index (χ1) is 12.0. The first-order valence-corrected chi connectivity index (χ1v) is 9.75. The third kappa shape index (κ3) is 3.88. The molecule has 1 aliphatic heterocycles. The molecule has 25 heavy (non-hydrogen) atoms. The summed E-state index contributed by atoms with van der Waals surface area (Å²) in [5.74, 6) is -0.111. The lowest BCUT2D eigenvalue weighted by molar-refractivity contribution is -0.115. The molecular weight excluding hydrogens is 348 g/mol. The smallest absolute Gasteiger partial charge is 0.263 e. The zero-order valence-electron chi connectivity index (χ0n) is 14.8.